The van der Waals surface area contributed by atoms with Crippen LogP contribution in [0.1, 0.15) is 42.2 Å². The second kappa shape index (κ2) is 6.36. The predicted molar refractivity (Wildman–Crippen MR) is 94.0 cm³/mol. The van der Waals surface area contributed by atoms with Crippen molar-refractivity contribution in [2.75, 3.05) is 7.11 Å². The monoisotopic (exact) mass is 345 g/mol. The molecule has 2 aromatic carbocycles. The van der Waals surface area contributed by atoms with Gasteiger partial charge in [-0.15, -0.1) is 0 Å². The van der Waals surface area contributed by atoms with Crippen LogP contribution in [0.15, 0.2) is 42.5 Å². The number of methoxy groups -OCH3 is 1. The first-order chi connectivity index (χ1) is 11.4. The predicted octanol–water partition coefficient (Wildman–Crippen LogP) is 4.38. The average Bonchev–Trinajstić information content (AvgIpc) is 2.53. The minimum Gasteiger partial charge on any atom is -0.497 e. The summed E-state index contributed by atoms with van der Waals surface area (Å²) in [6.07, 6.45) is 0.669. The number of hydrogen-bond acceptors (Lipinski definition) is 3. The molecule has 0 unspecified atom stereocenters. The number of carbonyl (C=O) groups is 1. The number of halogens is 1. The Bertz CT molecular complexity index is 773. The Kier molecular flexibility index (Phi) is 4.41. The Hall–Kier alpha value is -2.20. The van der Waals surface area contributed by atoms with E-state index in [9.17, 15) is 4.79 Å². The first kappa shape index (κ1) is 16.7. The van der Waals surface area contributed by atoms with E-state index in [2.05, 4.69) is 5.32 Å². The van der Waals surface area contributed by atoms with Crippen molar-refractivity contribution in [1.29, 1.82) is 0 Å². The van der Waals surface area contributed by atoms with Crippen LogP contribution in [0.5, 0.6) is 11.5 Å². The third kappa shape index (κ3) is 3.34. The first-order valence-electron chi connectivity index (χ1n) is 7.82. The second-order valence-corrected chi connectivity index (χ2v) is 6.88. The van der Waals surface area contributed by atoms with Gasteiger partial charge in [0.05, 0.1) is 23.7 Å². The van der Waals surface area contributed by atoms with Gasteiger partial charge in [0.15, 0.2) is 0 Å². The van der Waals surface area contributed by atoms with Crippen molar-refractivity contribution in [2.45, 2.75) is 31.9 Å². The van der Waals surface area contributed by atoms with Crippen molar-refractivity contribution in [3.8, 4) is 11.5 Å². The molecule has 2 aromatic rings. The largest absolute Gasteiger partial charge is 0.497 e. The van der Waals surface area contributed by atoms with E-state index in [1.807, 2.05) is 32.0 Å². The smallest absolute Gasteiger partial charge is 0.253 e. The molecule has 1 aliphatic heterocycles. The third-order valence-electron chi connectivity index (χ3n) is 4.10. The molecule has 0 spiro atoms. The van der Waals surface area contributed by atoms with Crippen LogP contribution in [0.4, 0.5) is 0 Å². The van der Waals surface area contributed by atoms with Crippen molar-refractivity contribution < 1.29 is 14.3 Å². The Morgan fingerprint density at radius 3 is 2.75 bits per heavy atom. The number of hydrogen-bond donors (Lipinski definition) is 1. The van der Waals surface area contributed by atoms with Crippen LogP contribution in [-0.2, 0) is 0 Å². The molecule has 0 fully saturated rings. The number of nitrogens with one attached hydrogen (secondary N) is 1. The molecule has 1 heterocycles. The van der Waals surface area contributed by atoms with Gasteiger partial charge in [0.2, 0.25) is 0 Å². The van der Waals surface area contributed by atoms with Crippen molar-refractivity contribution >= 4 is 17.5 Å². The number of benzene rings is 2. The molecule has 1 N–H and O–H groups in total. The minimum atomic E-state index is -0.391. The lowest BCUT2D eigenvalue weighted by molar-refractivity contribution is 0.0617. The van der Waals surface area contributed by atoms with Gasteiger partial charge < -0.3 is 14.8 Å². The van der Waals surface area contributed by atoms with Gasteiger partial charge in [0.1, 0.15) is 17.1 Å². The molecule has 126 valence electrons. The van der Waals surface area contributed by atoms with E-state index in [-0.39, 0.29) is 11.9 Å². The van der Waals surface area contributed by atoms with Crippen LogP contribution in [0.2, 0.25) is 5.02 Å². The first-order valence-corrected chi connectivity index (χ1v) is 8.20. The summed E-state index contributed by atoms with van der Waals surface area (Å²) in [5, 5.41) is 3.52. The number of fused-ring (bicyclic) bond motifs is 1. The van der Waals surface area contributed by atoms with E-state index in [1.54, 1.807) is 31.4 Å². The Morgan fingerprint density at radius 2 is 2.04 bits per heavy atom. The van der Waals surface area contributed by atoms with E-state index in [0.29, 0.717) is 17.0 Å². The maximum atomic E-state index is 12.6. The molecule has 24 heavy (non-hydrogen) atoms. The molecule has 1 aliphatic rings. The summed E-state index contributed by atoms with van der Waals surface area (Å²) in [5.74, 6) is 1.27. The lowest BCUT2D eigenvalue weighted by atomic mass is 9.89. The fourth-order valence-corrected chi connectivity index (χ4v) is 3.19. The highest BCUT2D eigenvalue weighted by Crippen LogP contribution is 2.41. The summed E-state index contributed by atoms with van der Waals surface area (Å²) < 4.78 is 11.3. The van der Waals surface area contributed by atoms with Crippen LogP contribution in [0, 0.1) is 0 Å². The molecule has 0 radical (unpaired) electrons. The Balaban J connectivity index is 1.91. The van der Waals surface area contributed by atoms with Gasteiger partial charge in [-0.05, 0) is 38.1 Å². The molecular formula is C19H20ClNO3. The molecule has 0 bridgehead atoms. The van der Waals surface area contributed by atoms with Gasteiger partial charge in [0.25, 0.3) is 5.91 Å². The van der Waals surface area contributed by atoms with Gasteiger partial charge in [0, 0.05) is 18.1 Å². The van der Waals surface area contributed by atoms with E-state index >= 15 is 0 Å². The molecule has 1 amide bonds. The number of amides is 1. The quantitative estimate of drug-likeness (QED) is 0.898. The van der Waals surface area contributed by atoms with Crippen molar-refractivity contribution in [2.24, 2.45) is 0 Å². The fourth-order valence-electron chi connectivity index (χ4n) is 2.97. The van der Waals surface area contributed by atoms with E-state index in [1.165, 1.54) is 0 Å². The number of rotatable bonds is 3. The van der Waals surface area contributed by atoms with Crippen molar-refractivity contribution in [3.05, 3.63) is 58.6 Å². The van der Waals surface area contributed by atoms with Gasteiger partial charge >= 0.3 is 0 Å². The van der Waals surface area contributed by atoms with Crippen molar-refractivity contribution in [3.63, 3.8) is 0 Å². The van der Waals surface area contributed by atoms with Crippen molar-refractivity contribution in [1.82, 2.24) is 5.32 Å². The molecular weight excluding hydrogens is 326 g/mol. The van der Waals surface area contributed by atoms with Gasteiger partial charge in [-0.2, -0.15) is 0 Å². The molecule has 5 heteroatoms. The summed E-state index contributed by atoms with van der Waals surface area (Å²) in [6.45, 7) is 4.01. The number of ether oxygens (including phenoxy) is 2. The summed E-state index contributed by atoms with van der Waals surface area (Å²) in [6, 6.07) is 12.5. The van der Waals surface area contributed by atoms with Crippen LogP contribution in [-0.4, -0.2) is 18.6 Å². The highest BCUT2D eigenvalue weighted by molar-refractivity contribution is 6.33. The maximum Gasteiger partial charge on any atom is 0.253 e. The fraction of sp³-hybridized carbons (Fsp3) is 0.316. The van der Waals surface area contributed by atoms with Crippen LogP contribution in [0.3, 0.4) is 0 Å². The van der Waals surface area contributed by atoms with E-state index < -0.39 is 5.60 Å². The molecule has 0 aliphatic carbocycles. The van der Waals surface area contributed by atoms with Crippen LogP contribution >= 0.6 is 11.6 Å². The van der Waals surface area contributed by atoms with Gasteiger partial charge in [-0.3, -0.25) is 4.79 Å². The standard InChI is InChI=1S/C19H20ClNO3/c1-19(2)11-16(14-9-8-12(23-3)10-17(14)24-19)21-18(22)13-6-4-5-7-15(13)20/h4-10,16H,11H2,1-3H3,(H,21,22)/t16-/m0/s1. The summed E-state index contributed by atoms with van der Waals surface area (Å²) in [5.41, 5.74) is 1.02. The highest BCUT2D eigenvalue weighted by atomic mass is 35.5. The molecule has 0 saturated carbocycles. The van der Waals surface area contributed by atoms with E-state index in [4.69, 9.17) is 21.1 Å². The molecule has 0 saturated heterocycles. The molecule has 1 atom stereocenters. The van der Waals surface area contributed by atoms with Gasteiger partial charge in [-0.1, -0.05) is 23.7 Å². The summed E-state index contributed by atoms with van der Waals surface area (Å²) >= 11 is 6.13. The zero-order valence-electron chi connectivity index (χ0n) is 13.9. The van der Waals surface area contributed by atoms with E-state index in [0.717, 1.165) is 17.1 Å². The molecule has 3 rings (SSSR count). The minimum absolute atomic E-state index is 0.154. The summed E-state index contributed by atoms with van der Waals surface area (Å²) in [7, 11) is 1.62. The zero-order chi connectivity index (χ0) is 17.3. The lowest BCUT2D eigenvalue weighted by Crippen LogP contribution is -2.41. The summed E-state index contributed by atoms with van der Waals surface area (Å²) in [4.78, 5) is 12.6. The average molecular weight is 346 g/mol. The number of carbonyl (C=O) groups excluding carboxylic acids is 1. The Morgan fingerprint density at radius 1 is 1.29 bits per heavy atom. The Labute approximate surface area is 146 Å². The lowest BCUT2D eigenvalue weighted by Gasteiger charge is -2.38. The molecule has 0 aromatic heterocycles. The normalized spacial score (nSPS) is 18.2. The van der Waals surface area contributed by atoms with Crippen LogP contribution < -0.4 is 14.8 Å². The second-order valence-electron chi connectivity index (χ2n) is 6.48. The van der Waals surface area contributed by atoms with Gasteiger partial charge in [-0.25, -0.2) is 0 Å². The SMILES string of the molecule is COc1ccc2c(c1)OC(C)(C)C[C@@H]2NC(=O)c1ccccc1Cl. The highest BCUT2D eigenvalue weighted by Gasteiger charge is 2.35. The molecule has 4 nitrogen and oxygen atoms in total. The maximum absolute atomic E-state index is 12.6. The van der Waals surface area contributed by atoms with Crippen LogP contribution in [0.25, 0.3) is 0 Å². The zero-order valence-corrected chi connectivity index (χ0v) is 14.7. The third-order valence-corrected chi connectivity index (χ3v) is 4.43. The topological polar surface area (TPSA) is 47.6 Å².